The summed E-state index contributed by atoms with van der Waals surface area (Å²) in [6.07, 6.45) is 4.06. The summed E-state index contributed by atoms with van der Waals surface area (Å²) in [6, 6.07) is 9.83. The van der Waals surface area contributed by atoms with Gasteiger partial charge in [0.2, 0.25) is 10.0 Å². The molecule has 0 saturated heterocycles. The lowest BCUT2D eigenvalue weighted by Crippen LogP contribution is -2.27. The number of hydrogen-bond acceptors (Lipinski definition) is 6. The van der Waals surface area contributed by atoms with Gasteiger partial charge in [0, 0.05) is 37.7 Å². The van der Waals surface area contributed by atoms with Crippen LogP contribution in [0.4, 0.5) is 10.1 Å². The minimum absolute atomic E-state index is 0.00593. The first kappa shape index (κ1) is 24.0. The fourth-order valence-electron chi connectivity index (χ4n) is 3.80. The second-order valence-electron chi connectivity index (χ2n) is 7.97. The first-order chi connectivity index (χ1) is 16.4. The monoisotopic (exact) mass is 487 g/mol. The number of aromatic nitrogens is 3. The Balaban J connectivity index is 1.51. The van der Waals surface area contributed by atoms with Crippen molar-refractivity contribution in [2.75, 3.05) is 25.6 Å². The SMILES string of the molecule is COCCNS(=O)(=O)c1ccc(C(=O)Nc2cc(-c3nnc4n3CCCCC4)ccc2F)cc1. The minimum Gasteiger partial charge on any atom is -0.383 e. The Morgan fingerprint density at radius 1 is 1.12 bits per heavy atom. The topological polar surface area (TPSA) is 115 Å². The van der Waals surface area contributed by atoms with Crippen LogP contribution < -0.4 is 10.0 Å². The van der Waals surface area contributed by atoms with Gasteiger partial charge in [0.25, 0.3) is 5.91 Å². The Hall–Kier alpha value is -3.15. The van der Waals surface area contributed by atoms with Crippen LogP contribution in [-0.2, 0) is 27.7 Å². The normalized spacial score (nSPS) is 13.8. The molecule has 0 unspecified atom stereocenters. The number of fused-ring (bicyclic) bond motifs is 1. The maximum atomic E-state index is 14.5. The largest absolute Gasteiger partial charge is 0.383 e. The number of aryl methyl sites for hydroxylation is 1. The lowest BCUT2D eigenvalue weighted by atomic mass is 10.1. The summed E-state index contributed by atoms with van der Waals surface area (Å²) in [5.41, 5.74) is 0.851. The summed E-state index contributed by atoms with van der Waals surface area (Å²) in [4.78, 5) is 12.7. The molecule has 9 nitrogen and oxygen atoms in total. The fraction of sp³-hybridized carbons (Fsp3) is 0.348. The van der Waals surface area contributed by atoms with Crippen molar-refractivity contribution in [2.45, 2.75) is 37.1 Å². The molecule has 2 aromatic carbocycles. The Bertz CT molecular complexity index is 1280. The van der Waals surface area contributed by atoms with Crippen molar-refractivity contribution in [2.24, 2.45) is 0 Å². The average molecular weight is 488 g/mol. The van der Waals surface area contributed by atoms with Crippen LogP contribution in [-0.4, -0.2) is 49.4 Å². The predicted octanol–water partition coefficient (Wildman–Crippen LogP) is 2.99. The quantitative estimate of drug-likeness (QED) is 0.472. The number of carbonyl (C=O) groups is 1. The Morgan fingerprint density at radius 2 is 1.91 bits per heavy atom. The van der Waals surface area contributed by atoms with Gasteiger partial charge in [-0.1, -0.05) is 6.42 Å². The number of rotatable bonds is 8. The van der Waals surface area contributed by atoms with Gasteiger partial charge in [0.1, 0.15) is 11.6 Å². The van der Waals surface area contributed by atoms with E-state index >= 15 is 0 Å². The molecule has 1 aromatic heterocycles. The van der Waals surface area contributed by atoms with Crippen molar-refractivity contribution < 1.29 is 22.3 Å². The Morgan fingerprint density at radius 3 is 2.68 bits per heavy atom. The van der Waals surface area contributed by atoms with Gasteiger partial charge in [0.15, 0.2) is 5.82 Å². The maximum absolute atomic E-state index is 14.5. The predicted molar refractivity (Wildman–Crippen MR) is 124 cm³/mol. The van der Waals surface area contributed by atoms with Crippen molar-refractivity contribution in [1.29, 1.82) is 0 Å². The fourth-order valence-corrected chi connectivity index (χ4v) is 4.81. The highest BCUT2D eigenvalue weighted by atomic mass is 32.2. The second-order valence-corrected chi connectivity index (χ2v) is 9.73. The number of sulfonamides is 1. The first-order valence-corrected chi connectivity index (χ1v) is 12.5. The number of ether oxygens (including phenoxy) is 1. The first-order valence-electron chi connectivity index (χ1n) is 11.0. The van der Waals surface area contributed by atoms with Crippen LogP contribution in [0.5, 0.6) is 0 Å². The summed E-state index contributed by atoms with van der Waals surface area (Å²) < 4.78 is 48.3. The smallest absolute Gasteiger partial charge is 0.255 e. The maximum Gasteiger partial charge on any atom is 0.255 e. The van der Waals surface area contributed by atoms with Gasteiger partial charge >= 0.3 is 0 Å². The number of hydrogen-bond donors (Lipinski definition) is 2. The van der Waals surface area contributed by atoms with Gasteiger partial charge in [-0.25, -0.2) is 17.5 Å². The number of benzene rings is 2. The molecular weight excluding hydrogens is 461 g/mol. The molecule has 0 radical (unpaired) electrons. The van der Waals surface area contributed by atoms with Crippen molar-refractivity contribution in [1.82, 2.24) is 19.5 Å². The number of anilines is 1. The average Bonchev–Trinajstić information content (AvgIpc) is 3.08. The molecule has 2 N–H and O–H groups in total. The molecule has 180 valence electrons. The molecule has 0 bridgehead atoms. The van der Waals surface area contributed by atoms with E-state index in [2.05, 4.69) is 20.2 Å². The third-order valence-corrected chi connectivity index (χ3v) is 7.08. The molecule has 3 aromatic rings. The third-order valence-electron chi connectivity index (χ3n) is 5.61. The summed E-state index contributed by atoms with van der Waals surface area (Å²) in [6.45, 7) is 1.17. The summed E-state index contributed by atoms with van der Waals surface area (Å²) in [7, 11) is -2.24. The highest BCUT2D eigenvalue weighted by Gasteiger charge is 2.19. The zero-order valence-corrected chi connectivity index (χ0v) is 19.6. The molecule has 34 heavy (non-hydrogen) atoms. The lowest BCUT2D eigenvalue weighted by molar-refractivity contribution is 0.102. The zero-order valence-electron chi connectivity index (χ0n) is 18.8. The Kier molecular flexibility index (Phi) is 7.35. The molecule has 0 spiro atoms. The number of amides is 1. The van der Waals surface area contributed by atoms with Crippen molar-refractivity contribution in [3.05, 3.63) is 59.7 Å². The van der Waals surface area contributed by atoms with Gasteiger partial charge in [-0.2, -0.15) is 0 Å². The molecule has 2 heterocycles. The highest BCUT2D eigenvalue weighted by Crippen LogP contribution is 2.27. The number of halogens is 1. The summed E-state index contributed by atoms with van der Waals surface area (Å²) >= 11 is 0. The minimum atomic E-state index is -3.72. The molecular formula is C23H26FN5O4S. The molecule has 1 amide bonds. The van der Waals surface area contributed by atoms with E-state index in [9.17, 15) is 17.6 Å². The van der Waals surface area contributed by atoms with Crippen molar-refractivity contribution >= 4 is 21.6 Å². The van der Waals surface area contributed by atoms with Crippen LogP contribution in [0.15, 0.2) is 47.4 Å². The van der Waals surface area contributed by atoms with Crippen LogP contribution in [0.2, 0.25) is 0 Å². The summed E-state index contributed by atoms with van der Waals surface area (Å²) in [5, 5.41) is 11.1. The van der Waals surface area contributed by atoms with Gasteiger partial charge in [-0.05, 0) is 55.3 Å². The third kappa shape index (κ3) is 5.32. The van der Waals surface area contributed by atoms with E-state index in [0.29, 0.717) is 11.4 Å². The van der Waals surface area contributed by atoms with E-state index in [1.165, 1.54) is 43.5 Å². The number of nitrogens with one attached hydrogen (secondary N) is 2. The molecule has 4 rings (SSSR count). The number of methoxy groups -OCH3 is 1. The number of nitrogens with zero attached hydrogens (tertiary/aromatic N) is 3. The molecule has 1 aliphatic heterocycles. The molecule has 0 fully saturated rings. The van der Waals surface area contributed by atoms with Crippen molar-refractivity contribution in [3.8, 4) is 11.4 Å². The highest BCUT2D eigenvalue weighted by molar-refractivity contribution is 7.89. The van der Waals surface area contributed by atoms with E-state index in [1.807, 2.05) is 4.57 Å². The summed E-state index contributed by atoms with van der Waals surface area (Å²) in [5.74, 6) is 0.402. The second kappa shape index (κ2) is 10.4. The van der Waals surface area contributed by atoms with E-state index in [0.717, 1.165) is 38.1 Å². The van der Waals surface area contributed by atoms with Gasteiger partial charge in [0.05, 0.1) is 17.2 Å². The molecule has 11 heteroatoms. The van der Waals surface area contributed by atoms with E-state index in [-0.39, 0.29) is 29.3 Å². The van der Waals surface area contributed by atoms with Crippen LogP contribution >= 0.6 is 0 Å². The number of carbonyl (C=O) groups excluding carboxylic acids is 1. The van der Waals surface area contributed by atoms with Crippen molar-refractivity contribution in [3.63, 3.8) is 0 Å². The van der Waals surface area contributed by atoms with Crippen LogP contribution in [0.25, 0.3) is 11.4 Å². The molecule has 1 aliphatic rings. The van der Waals surface area contributed by atoms with Gasteiger partial charge < -0.3 is 14.6 Å². The van der Waals surface area contributed by atoms with E-state index in [1.54, 1.807) is 6.07 Å². The molecule has 0 atom stereocenters. The van der Waals surface area contributed by atoms with E-state index in [4.69, 9.17) is 4.74 Å². The Labute approximate surface area is 197 Å². The zero-order chi connectivity index (χ0) is 24.1. The van der Waals surface area contributed by atoms with Gasteiger partial charge in [-0.3, -0.25) is 4.79 Å². The standard InChI is InChI=1S/C23H26FN5O4S/c1-33-14-12-25-34(31,32)18-9-6-16(7-10-18)23(30)26-20-15-17(8-11-19(20)24)22-28-27-21-5-3-2-4-13-29(21)22/h6-11,15,25H,2-5,12-14H2,1H3,(H,26,30). The van der Waals surface area contributed by atoms with Crippen LogP contribution in [0.1, 0.15) is 35.4 Å². The molecule has 0 aliphatic carbocycles. The van der Waals surface area contributed by atoms with Gasteiger partial charge in [-0.15, -0.1) is 10.2 Å². The van der Waals surface area contributed by atoms with Crippen LogP contribution in [0, 0.1) is 5.82 Å². The van der Waals surface area contributed by atoms with Crippen LogP contribution in [0.3, 0.4) is 0 Å². The van der Waals surface area contributed by atoms with E-state index < -0.39 is 21.7 Å². The lowest BCUT2D eigenvalue weighted by Gasteiger charge is -2.11. The molecule has 0 saturated carbocycles.